The van der Waals surface area contributed by atoms with Gasteiger partial charge in [0.05, 0.1) is 0 Å². The first kappa shape index (κ1) is 14.2. The van der Waals surface area contributed by atoms with E-state index in [1.54, 1.807) is 12.3 Å². The second-order valence-corrected chi connectivity index (χ2v) is 4.86. The van der Waals surface area contributed by atoms with Gasteiger partial charge in [-0.25, -0.2) is 4.98 Å². The van der Waals surface area contributed by atoms with Crippen molar-refractivity contribution in [2.75, 3.05) is 5.73 Å². The molecule has 0 spiro atoms. The van der Waals surface area contributed by atoms with Gasteiger partial charge >= 0.3 is 0 Å². The summed E-state index contributed by atoms with van der Waals surface area (Å²) in [4.78, 5) is 15.9. The van der Waals surface area contributed by atoms with Crippen molar-refractivity contribution in [3.05, 3.63) is 59.8 Å². The maximum absolute atomic E-state index is 11.9. The Bertz CT molecular complexity index is 569. The standard InChI is InChI=1S/C16H19N3O/c17-15(13-4-2-1-3-5-13)7-6-14(20)10-12-8-9-19-16(18)11-12/h1-5,8-9,11,15H,6-7,10,17H2,(H2,18,19). The zero-order chi connectivity index (χ0) is 14.4. The molecule has 1 atom stereocenters. The number of Topliss-reactive ketones (excluding diaryl/α,β-unsaturated/α-hetero) is 1. The summed E-state index contributed by atoms with van der Waals surface area (Å²) in [6.07, 6.45) is 3.13. The molecule has 4 heteroatoms. The highest BCUT2D eigenvalue weighted by Gasteiger charge is 2.09. The summed E-state index contributed by atoms with van der Waals surface area (Å²) in [6, 6.07) is 13.3. The molecule has 0 aliphatic carbocycles. The third kappa shape index (κ3) is 4.17. The minimum atomic E-state index is -0.0948. The van der Waals surface area contributed by atoms with E-state index in [1.807, 2.05) is 36.4 Å². The number of nitrogens with zero attached hydrogens (tertiary/aromatic N) is 1. The van der Waals surface area contributed by atoms with Crippen LogP contribution < -0.4 is 11.5 Å². The Kier molecular flexibility index (Phi) is 4.85. The lowest BCUT2D eigenvalue weighted by Gasteiger charge is -2.11. The maximum atomic E-state index is 11.9. The molecule has 0 aliphatic heterocycles. The smallest absolute Gasteiger partial charge is 0.137 e. The van der Waals surface area contributed by atoms with Crippen molar-refractivity contribution < 1.29 is 4.79 Å². The van der Waals surface area contributed by atoms with E-state index in [-0.39, 0.29) is 11.8 Å². The Morgan fingerprint density at radius 2 is 1.95 bits per heavy atom. The van der Waals surface area contributed by atoms with E-state index < -0.39 is 0 Å². The predicted molar refractivity (Wildman–Crippen MR) is 80.0 cm³/mol. The van der Waals surface area contributed by atoms with Crippen molar-refractivity contribution in [3.8, 4) is 0 Å². The van der Waals surface area contributed by atoms with Gasteiger partial charge in [0.1, 0.15) is 11.6 Å². The highest BCUT2D eigenvalue weighted by Crippen LogP contribution is 2.16. The largest absolute Gasteiger partial charge is 0.384 e. The van der Waals surface area contributed by atoms with Crippen molar-refractivity contribution in [2.24, 2.45) is 5.73 Å². The molecule has 0 saturated heterocycles. The fourth-order valence-corrected chi connectivity index (χ4v) is 2.10. The summed E-state index contributed by atoms with van der Waals surface area (Å²) in [6.45, 7) is 0. The van der Waals surface area contributed by atoms with E-state index in [0.717, 1.165) is 11.1 Å². The van der Waals surface area contributed by atoms with E-state index in [9.17, 15) is 4.79 Å². The maximum Gasteiger partial charge on any atom is 0.137 e. The number of carbonyl (C=O) groups excluding carboxylic acids is 1. The lowest BCUT2D eigenvalue weighted by Crippen LogP contribution is -2.13. The van der Waals surface area contributed by atoms with Crippen molar-refractivity contribution >= 4 is 11.6 Å². The molecule has 2 aromatic rings. The fourth-order valence-electron chi connectivity index (χ4n) is 2.10. The minimum absolute atomic E-state index is 0.0948. The van der Waals surface area contributed by atoms with Crippen LogP contribution in [0.4, 0.5) is 5.82 Å². The molecule has 0 saturated carbocycles. The number of aromatic nitrogens is 1. The number of pyridine rings is 1. The number of anilines is 1. The Balaban J connectivity index is 1.83. The van der Waals surface area contributed by atoms with Crippen LogP contribution in [0.1, 0.15) is 30.0 Å². The number of rotatable bonds is 6. The zero-order valence-corrected chi connectivity index (χ0v) is 11.3. The minimum Gasteiger partial charge on any atom is -0.384 e. The molecule has 4 nitrogen and oxygen atoms in total. The number of benzene rings is 1. The van der Waals surface area contributed by atoms with Crippen LogP contribution in [0.3, 0.4) is 0 Å². The van der Waals surface area contributed by atoms with Crippen molar-refractivity contribution in [2.45, 2.75) is 25.3 Å². The van der Waals surface area contributed by atoms with Crippen molar-refractivity contribution in [1.29, 1.82) is 0 Å². The average Bonchev–Trinajstić information content (AvgIpc) is 2.46. The van der Waals surface area contributed by atoms with Gasteiger partial charge in [-0.05, 0) is 29.7 Å². The number of nitrogen functional groups attached to an aromatic ring is 1. The number of carbonyl (C=O) groups is 1. The molecule has 0 aliphatic rings. The predicted octanol–water partition coefficient (Wildman–Crippen LogP) is 2.26. The molecule has 104 valence electrons. The van der Waals surface area contributed by atoms with Crippen LogP contribution in [-0.4, -0.2) is 10.8 Å². The van der Waals surface area contributed by atoms with E-state index in [1.165, 1.54) is 0 Å². The summed E-state index contributed by atoms with van der Waals surface area (Å²) in [5.74, 6) is 0.610. The third-order valence-electron chi connectivity index (χ3n) is 3.21. The molecule has 20 heavy (non-hydrogen) atoms. The molecule has 1 aromatic heterocycles. The van der Waals surface area contributed by atoms with Gasteiger partial charge in [-0.3, -0.25) is 4.79 Å². The first-order chi connectivity index (χ1) is 9.65. The van der Waals surface area contributed by atoms with Crippen LogP contribution in [0, 0.1) is 0 Å². The monoisotopic (exact) mass is 269 g/mol. The van der Waals surface area contributed by atoms with Crippen LogP contribution in [0.2, 0.25) is 0 Å². The number of ketones is 1. The van der Waals surface area contributed by atoms with Crippen molar-refractivity contribution in [3.63, 3.8) is 0 Å². The lowest BCUT2D eigenvalue weighted by molar-refractivity contribution is -0.118. The third-order valence-corrected chi connectivity index (χ3v) is 3.21. The van der Waals surface area contributed by atoms with Gasteiger partial charge in [0.15, 0.2) is 0 Å². The molecule has 0 fully saturated rings. The van der Waals surface area contributed by atoms with Gasteiger partial charge in [-0.2, -0.15) is 0 Å². The molecule has 0 radical (unpaired) electrons. The molecule has 0 amide bonds. The molecule has 4 N–H and O–H groups in total. The summed E-state index contributed by atoms with van der Waals surface area (Å²) in [5, 5.41) is 0. The molecular formula is C16H19N3O. The van der Waals surface area contributed by atoms with E-state index in [2.05, 4.69) is 4.98 Å². The van der Waals surface area contributed by atoms with Gasteiger partial charge in [-0.1, -0.05) is 30.3 Å². The zero-order valence-electron chi connectivity index (χ0n) is 11.3. The lowest BCUT2D eigenvalue weighted by atomic mass is 9.99. The average molecular weight is 269 g/mol. The quantitative estimate of drug-likeness (QED) is 0.842. The van der Waals surface area contributed by atoms with Crippen molar-refractivity contribution in [1.82, 2.24) is 4.98 Å². The van der Waals surface area contributed by atoms with E-state index in [4.69, 9.17) is 11.5 Å². The molecule has 0 bridgehead atoms. The Morgan fingerprint density at radius 1 is 1.20 bits per heavy atom. The fraction of sp³-hybridized carbons (Fsp3) is 0.250. The molecule has 1 aromatic carbocycles. The van der Waals surface area contributed by atoms with E-state index >= 15 is 0 Å². The van der Waals surface area contributed by atoms with Crippen LogP contribution in [0.15, 0.2) is 48.7 Å². The molecule has 1 heterocycles. The number of hydrogen-bond acceptors (Lipinski definition) is 4. The van der Waals surface area contributed by atoms with Gasteiger partial charge in [-0.15, -0.1) is 0 Å². The Hall–Kier alpha value is -2.20. The van der Waals surface area contributed by atoms with Crippen LogP contribution in [0.5, 0.6) is 0 Å². The first-order valence-corrected chi connectivity index (χ1v) is 6.68. The van der Waals surface area contributed by atoms with E-state index in [0.29, 0.717) is 25.1 Å². The normalized spacial score (nSPS) is 12.1. The van der Waals surface area contributed by atoms with Gasteiger partial charge in [0.2, 0.25) is 0 Å². The number of hydrogen-bond donors (Lipinski definition) is 2. The Morgan fingerprint density at radius 3 is 2.65 bits per heavy atom. The summed E-state index contributed by atoms with van der Waals surface area (Å²) in [5.41, 5.74) is 13.6. The van der Waals surface area contributed by atoms with Gasteiger partial charge < -0.3 is 11.5 Å². The summed E-state index contributed by atoms with van der Waals surface area (Å²) in [7, 11) is 0. The highest BCUT2D eigenvalue weighted by molar-refractivity contribution is 5.81. The first-order valence-electron chi connectivity index (χ1n) is 6.68. The summed E-state index contributed by atoms with van der Waals surface area (Å²) >= 11 is 0. The molecule has 1 unspecified atom stereocenters. The van der Waals surface area contributed by atoms with Crippen LogP contribution in [0.25, 0.3) is 0 Å². The van der Waals surface area contributed by atoms with Crippen LogP contribution >= 0.6 is 0 Å². The number of nitrogens with two attached hydrogens (primary N) is 2. The highest BCUT2D eigenvalue weighted by atomic mass is 16.1. The Labute approximate surface area is 118 Å². The second-order valence-electron chi connectivity index (χ2n) is 4.86. The molecular weight excluding hydrogens is 250 g/mol. The topological polar surface area (TPSA) is 82.0 Å². The van der Waals surface area contributed by atoms with Gasteiger partial charge in [0.25, 0.3) is 0 Å². The van der Waals surface area contributed by atoms with Gasteiger partial charge in [0, 0.05) is 25.1 Å². The molecule has 2 rings (SSSR count). The second kappa shape index (κ2) is 6.82. The summed E-state index contributed by atoms with van der Waals surface area (Å²) < 4.78 is 0. The van der Waals surface area contributed by atoms with Crippen LogP contribution in [-0.2, 0) is 11.2 Å². The SMILES string of the molecule is Nc1cc(CC(=O)CCC(N)c2ccccc2)ccn1.